The van der Waals surface area contributed by atoms with Crippen LogP contribution in [0.25, 0.3) is 21.9 Å². The Hall–Kier alpha value is -3.56. The molecule has 6 heteroatoms. The highest BCUT2D eigenvalue weighted by atomic mass is 16.3. The number of nitriles is 1. The summed E-state index contributed by atoms with van der Waals surface area (Å²) in [7, 11) is 0. The molecule has 4 aromatic rings. The molecule has 0 saturated carbocycles. The second-order valence-electron chi connectivity index (χ2n) is 8.46. The Labute approximate surface area is 187 Å². The van der Waals surface area contributed by atoms with Crippen LogP contribution < -0.4 is 4.90 Å². The number of piperazine rings is 1. The first-order chi connectivity index (χ1) is 15.7. The lowest BCUT2D eigenvalue weighted by Crippen LogP contribution is -2.46. The lowest BCUT2D eigenvalue weighted by Gasteiger charge is -2.36. The summed E-state index contributed by atoms with van der Waals surface area (Å²) in [5.41, 5.74) is 5.06. The van der Waals surface area contributed by atoms with Crippen LogP contribution in [0.4, 0.5) is 5.69 Å². The largest absolute Gasteiger partial charge is 0.453 e. The molecule has 0 radical (unpaired) electrons. The molecule has 2 aromatic carbocycles. The quantitative estimate of drug-likeness (QED) is 0.341. The first-order valence-corrected chi connectivity index (χ1v) is 11.2. The number of fused-ring (bicyclic) bond motifs is 2. The fourth-order valence-corrected chi connectivity index (χ4v) is 4.64. The summed E-state index contributed by atoms with van der Waals surface area (Å²) in [5, 5.41) is 11.3. The van der Waals surface area contributed by atoms with E-state index < -0.39 is 0 Å². The minimum Gasteiger partial charge on any atom is -0.453 e. The number of hydrogen-bond acceptors (Lipinski definition) is 5. The van der Waals surface area contributed by atoms with Gasteiger partial charge in [-0.15, -0.1) is 0 Å². The summed E-state index contributed by atoms with van der Waals surface area (Å²) in [6, 6.07) is 16.0. The van der Waals surface area contributed by atoms with E-state index in [0.29, 0.717) is 11.3 Å². The fourth-order valence-electron chi connectivity index (χ4n) is 4.64. The zero-order chi connectivity index (χ0) is 21.9. The van der Waals surface area contributed by atoms with Crippen LogP contribution in [-0.2, 0) is 6.42 Å². The summed E-state index contributed by atoms with van der Waals surface area (Å²) < 4.78 is 5.48. The van der Waals surface area contributed by atoms with Crippen molar-refractivity contribution in [2.24, 2.45) is 0 Å². The molecule has 0 atom stereocenters. The Balaban J connectivity index is 1.10. The van der Waals surface area contributed by atoms with E-state index in [2.05, 4.69) is 39.2 Å². The smallest absolute Gasteiger partial charge is 0.185 e. The number of nitrogens with one attached hydrogen (secondary N) is 1. The zero-order valence-electron chi connectivity index (χ0n) is 18.0. The number of H-pyrrole nitrogens is 1. The lowest BCUT2D eigenvalue weighted by molar-refractivity contribution is 0.110. The summed E-state index contributed by atoms with van der Waals surface area (Å²) in [6.45, 7) is 5.24. The van der Waals surface area contributed by atoms with Crippen molar-refractivity contribution in [1.82, 2.24) is 9.88 Å². The Kier molecular flexibility index (Phi) is 5.66. The van der Waals surface area contributed by atoms with E-state index in [0.717, 1.165) is 68.3 Å². The number of nitrogens with zero attached hydrogens (tertiary/aromatic N) is 3. The van der Waals surface area contributed by atoms with Gasteiger partial charge in [-0.2, -0.15) is 5.26 Å². The van der Waals surface area contributed by atoms with Crippen LogP contribution in [0.1, 0.15) is 34.5 Å². The maximum atomic E-state index is 10.9. The molecule has 3 heterocycles. The van der Waals surface area contributed by atoms with Gasteiger partial charge in [0.2, 0.25) is 0 Å². The van der Waals surface area contributed by atoms with Gasteiger partial charge in [0.05, 0.1) is 11.6 Å². The predicted molar refractivity (Wildman–Crippen MR) is 126 cm³/mol. The van der Waals surface area contributed by atoms with Crippen molar-refractivity contribution in [1.29, 1.82) is 5.26 Å². The van der Waals surface area contributed by atoms with Crippen molar-refractivity contribution in [2.45, 2.75) is 19.3 Å². The van der Waals surface area contributed by atoms with Gasteiger partial charge in [0.1, 0.15) is 5.58 Å². The van der Waals surface area contributed by atoms with Crippen LogP contribution in [0.2, 0.25) is 0 Å². The van der Waals surface area contributed by atoms with Crippen molar-refractivity contribution in [2.75, 3.05) is 37.6 Å². The maximum absolute atomic E-state index is 10.9. The molecular formula is C26H26N4O2. The van der Waals surface area contributed by atoms with Gasteiger partial charge >= 0.3 is 0 Å². The van der Waals surface area contributed by atoms with Crippen LogP contribution in [0.15, 0.2) is 53.1 Å². The molecule has 162 valence electrons. The predicted octanol–water partition coefficient (Wildman–Crippen LogP) is 4.74. The number of anilines is 1. The van der Waals surface area contributed by atoms with Crippen molar-refractivity contribution in [3.05, 3.63) is 65.5 Å². The number of rotatable bonds is 7. The number of furan rings is 1. The number of carbonyl (C=O) groups excluding carboxylic acids is 1. The molecule has 1 N–H and O–H groups in total. The molecule has 6 nitrogen and oxygen atoms in total. The third-order valence-electron chi connectivity index (χ3n) is 6.44. The number of aromatic nitrogens is 1. The molecule has 0 amide bonds. The van der Waals surface area contributed by atoms with Crippen molar-refractivity contribution >= 4 is 33.8 Å². The molecule has 0 bridgehead atoms. The van der Waals surface area contributed by atoms with E-state index in [1.807, 2.05) is 24.3 Å². The van der Waals surface area contributed by atoms with E-state index in [1.165, 1.54) is 23.1 Å². The fraction of sp³-hybridized carbons (Fsp3) is 0.308. The third kappa shape index (κ3) is 4.12. The average molecular weight is 427 g/mol. The third-order valence-corrected chi connectivity index (χ3v) is 6.44. The molecule has 32 heavy (non-hydrogen) atoms. The van der Waals surface area contributed by atoms with Crippen LogP contribution in [0.5, 0.6) is 0 Å². The van der Waals surface area contributed by atoms with Crippen molar-refractivity contribution < 1.29 is 9.21 Å². The van der Waals surface area contributed by atoms with Crippen molar-refractivity contribution in [3.8, 4) is 6.07 Å². The van der Waals surface area contributed by atoms with Crippen LogP contribution in [0, 0.1) is 11.3 Å². The first-order valence-electron chi connectivity index (χ1n) is 11.2. The minimum absolute atomic E-state index is 0.375. The van der Waals surface area contributed by atoms with Gasteiger partial charge in [0, 0.05) is 54.4 Å². The Morgan fingerprint density at radius 3 is 2.75 bits per heavy atom. The normalized spacial score (nSPS) is 14.8. The Morgan fingerprint density at radius 2 is 1.94 bits per heavy atom. The lowest BCUT2D eigenvalue weighted by atomic mass is 10.1. The second kappa shape index (κ2) is 8.89. The van der Waals surface area contributed by atoms with E-state index in [9.17, 15) is 4.79 Å². The van der Waals surface area contributed by atoms with Gasteiger partial charge in [0.15, 0.2) is 12.0 Å². The number of carbonyl (C=O) groups is 1. The van der Waals surface area contributed by atoms with Crippen molar-refractivity contribution in [3.63, 3.8) is 0 Å². The molecule has 0 spiro atoms. The van der Waals surface area contributed by atoms with E-state index in [4.69, 9.17) is 9.68 Å². The molecule has 1 fully saturated rings. The molecular weight excluding hydrogens is 400 g/mol. The first kappa shape index (κ1) is 20.3. The van der Waals surface area contributed by atoms with Gasteiger partial charge in [-0.3, -0.25) is 9.69 Å². The number of aldehydes is 1. The standard InChI is InChI=1S/C26H26N4O2/c27-16-19-4-6-25-24(13-19)20(17-28-25)3-1-2-8-29-9-11-30(12-10-29)22-5-7-26-21(14-22)15-23(18-31)32-26/h4-7,13-15,17-18,28H,1-3,8-12H2. The van der Waals surface area contributed by atoms with Gasteiger partial charge in [-0.05, 0) is 73.8 Å². The maximum Gasteiger partial charge on any atom is 0.185 e. The monoisotopic (exact) mass is 426 g/mol. The highest BCUT2D eigenvalue weighted by Gasteiger charge is 2.17. The van der Waals surface area contributed by atoms with Crippen LogP contribution in [-0.4, -0.2) is 48.9 Å². The Bertz CT molecular complexity index is 1290. The SMILES string of the molecule is N#Cc1ccc2[nH]cc(CCCCN3CCN(c4ccc5oc(C=O)cc5c4)CC3)c2c1. The molecule has 5 rings (SSSR count). The average Bonchev–Trinajstić information content (AvgIpc) is 3.45. The van der Waals surface area contributed by atoms with Gasteiger partial charge in [0.25, 0.3) is 0 Å². The highest BCUT2D eigenvalue weighted by molar-refractivity contribution is 5.87. The summed E-state index contributed by atoms with van der Waals surface area (Å²) in [4.78, 5) is 19.2. The van der Waals surface area contributed by atoms with Crippen LogP contribution >= 0.6 is 0 Å². The molecule has 1 saturated heterocycles. The van der Waals surface area contributed by atoms with E-state index in [-0.39, 0.29) is 0 Å². The number of hydrogen-bond donors (Lipinski definition) is 1. The zero-order valence-corrected chi connectivity index (χ0v) is 18.0. The molecule has 1 aliphatic rings. The summed E-state index contributed by atoms with van der Waals surface area (Å²) in [5.74, 6) is 0.375. The van der Waals surface area contributed by atoms with E-state index >= 15 is 0 Å². The second-order valence-corrected chi connectivity index (χ2v) is 8.46. The van der Waals surface area contributed by atoms with Gasteiger partial charge in [-0.1, -0.05) is 0 Å². The number of benzene rings is 2. The minimum atomic E-state index is 0.375. The summed E-state index contributed by atoms with van der Waals surface area (Å²) >= 11 is 0. The molecule has 0 unspecified atom stereocenters. The van der Waals surface area contributed by atoms with Crippen LogP contribution in [0.3, 0.4) is 0 Å². The molecule has 2 aromatic heterocycles. The molecule has 0 aliphatic carbocycles. The summed E-state index contributed by atoms with van der Waals surface area (Å²) in [6.07, 6.45) is 6.17. The Morgan fingerprint density at radius 1 is 1.06 bits per heavy atom. The van der Waals surface area contributed by atoms with E-state index in [1.54, 1.807) is 6.07 Å². The highest BCUT2D eigenvalue weighted by Crippen LogP contribution is 2.26. The number of unbranched alkanes of at least 4 members (excludes halogenated alkanes) is 1. The number of aryl methyl sites for hydroxylation is 1. The topological polar surface area (TPSA) is 76.3 Å². The molecule has 1 aliphatic heterocycles. The van der Waals surface area contributed by atoms with Gasteiger partial charge < -0.3 is 14.3 Å². The number of aromatic amines is 1. The van der Waals surface area contributed by atoms with Gasteiger partial charge in [-0.25, -0.2) is 0 Å².